The Morgan fingerprint density at radius 2 is 1.72 bits per heavy atom. The van der Waals surface area contributed by atoms with Crippen molar-refractivity contribution >= 4 is 34.8 Å². The summed E-state index contributed by atoms with van der Waals surface area (Å²) in [6.45, 7) is 4.91. The molecule has 1 unspecified atom stereocenters. The second kappa shape index (κ2) is 11.3. The molecule has 0 aliphatic carbocycles. The lowest BCUT2D eigenvalue weighted by molar-refractivity contribution is -0.119. The lowest BCUT2D eigenvalue weighted by atomic mass is 10.1. The number of hydrogen-bond donors (Lipinski definition) is 4. The summed E-state index contributed by atoms with van der Waals surface area (Å²) in [7, 11) is 0. The lowest BCUT2D eigenvalue weighted by Gasteiger charge is -2.12. The molecule has 0 spiro atoms. The smallest absolute Gasteiger partial charge is 0.251 e. The van der Waals surface area contributed by atoms with E-state index in [0.29, 0.717) is 29.2 Å². The van der Waals surface area contributed by atoms with Crippen molar-refractivity contribution in [3.8, 4) is 0 Å². The van der Waals surface area contributed by atoms with Crippen LogP contribution in [-0.2, 0) is 14.3 Å². The molecule has 4 N–H and O–H groups in total. The van der Waals surface area contributed by atoms with E-state index < -0.39 is 0 Å². The Hall–Kier alpha value is -3.39. The van der Waals surface area contributed by atoms with Crippen molar-refractivity contribution in [2.45, 2.75) is 32.8 Å². The molecule has 8 heteroatoms. The van der Waals surface area contributed by atoms with Crippen molar-refractivity contribution in [1.29, 1.82) is 0 Å². The van der Waals surface area contributed by atoms with E-state index in [1.165, 1.54) is 0 Å². The Balaban J connectivity index is 1.49. The number of amides is 3. The van der Waals surface area contributed by atoms with Crippen LogP contribution in [0.4, 0.5) is 17.1 Å². The third-order valence-corrected chi connectivity index (χ3v) is 5.03. The second-order valence-electron chi connectivity index (χ2n) is 8.05. The van der Waals surface area contributed by atoms with Crippen LogP contribution in [0.1, 0.15) is 37.0 Å². The van der Waals surface area contributed by atoms with E-state index in [1.807, 2.05) is 19.9 Å². The third-order valence-electron chi connectivity index (χ3n) is 5.03. The normalized spacial score (nSPS) is 15.3. The summed E-state index contributed by atoms with van der Waals surface area (Å²) < 4.78 is 5.52. The molecule has 2 aromatic carbocycles. The number of carbonyl (C=O) groups is 3. The number of benzene rings is 2. The fraction of sp³-hybridized carbons (Fsp3) is 0.375. The highest BCUT2D eigenvalue weighted by atomic mass is 16.5. The maximum atomic E-state index is 12.4. The molecule has 0 bridgehead atoms. The quantitative estimate of drug-likeness (QED) is 0.481. The molecule has 0 aromatic heterocycles. The highest BCUT2D eigenvalue weighted by molar-refractivity contribution is 5.98. The van der Waals surface area contributed by atoms with Gasteiger partial charge in [0.05, 0.1) is 12.6 Å². The Morgan fingerprint density at radius 1 is 1.00 bits per heavy atom. The van der Waals surface area contributed by atoms with Crippen LogP contribution >= 0.6 is 0 Å². The average molecular weight is 439 g/mol. The van der Waals surface area contributed by atoms with Crippen LogP contribution in [-0.4, -0.2) is 43.5 Å². The highest BCUT2D eigenvalue weighted by Gasteiger charge is 2.17. The Kier molecular flexibility index (Phi) is 8.21. The van der Waals surface area contributed by atoms with Crippen molar-refractivity contribution in [3.05, 3.63) is 54.1 Å². The summed E-state index contributed by atoms with van der Waals surface area (Å²) in [5.41, 5.74) is 2.39. The van der Waals surface area contributed by atoms with Gasteiger partial charge in [-0.15, -0.1) is 0 Å². The standard InChI is InChI=1S/C24H30N4O4/c1-16(2)23(30)28-20-9-4-7-18(13-20)25-15-22(29)27-19-8-3-6-17(12-19)24(31)26-14-21-10-5-11-32-21/h3-4,6-9,12-13,16,21,25H,5,10-11,14-15H2,1-2H3,(H,26,31)(H,27,29)(H,28,30). The molecule has 32 heavy (non-hydrogen) atoms. The Labute approximate surface area is 188 Å². The fourth-order valence-electron chi connectivity index (χ4n) is 3.23. The van der Waals surface area contributed by atoms with Gasteiger partial charge in [-0.1, -0.05) is 26.0 Å². The van der Waals surface area contributed by atoms with Gasteiger partial charge in [0.1, 0.15) is 0 Å². The Bertz CT molecular complexity index is 955. The average Bonchev–Trinajstić information content (AvgIpc) is 3.30. The van der Waals surface area contributed by atoms with E-state index in [2.05, 4.69) is 21.3 Å². The summed E-state index contributed by atoms with van der Waals surface area (Å²) in [5, 5.41) is 11.5. The molecule has 1 aliphatic rings. The predicted molar refractivity (Wildman–Crippen MR) is 125 cm³/mol. The van der Waals surface area contributed by atoms with Crippen LogP contribution in [0.15, 0.2) is 48.5 Å². The zero-order valence-corrected chi connectivity index (χ0v) is 18.4. The summed E-state index contributed by atoms with van der Waals surface area (Å²) in [4.78, 5) is 36.6. The van der Waals surface area contributed by atoms with Crippen LogP contribution in [0.25, 0.3) is 0 Å². The number of rotatable bonds is 9. The fourth-order valence-corrected chi connectivity index (χ4v) is 3.23. The van der Waals surface area contributed by atoms with Crippen molar-refractivity contribution in [2.75, 3.05) is 35.6 Å². The number of carbonyl (C=O) groups excluding carboxylic acids is 3. The van der Waals surface area contributed by atoms with Gasteiger partial charge < -0.3 is 26.0 Å². The maximum absolute atomic E-state index is 12.4. The molecule has 8 nitrogen and oxygen atoms in total. The SMILES string of the molecule is CC(C)C(=O)Nc1cccc(NCC(=O)Nc2cccc(C(=O)NCC3CCCO3)c2)c1. The van der Waals surface area contributed by atoms with E-state index in [0.717, 1.165) is 19.4 Å². The molecule has 1 atom stereocenters. The van der Waals surface area contributed by atoms with Crippen LogP contribution in [0, 0.1) is 5.92 Å². The largest absolute Gasteiger partial charge is 0.376 e. The first-order valence-corrected chi connectivity index (χ1v) is 10.9. The zero-order chi connectivity index (χ0) is 22.9. The van der Waals surface area contributed by atoms with Gasteiger partial charge in [-0.2, -0.15) is 0 Å². The third kappa shape index (κ3) is 7.09. The molecule has 1 heterocycles. The number of ether oxygens (including phenoxy) is 1. The predicted octanol–water partition coefficient (Wildman–Crippen LogP) is 3.24. The van der Waals surface area contributed by atoms with E-state index >= 15 is 0 Å². The van der Waals surface area contributed by atoms with Gasteiger partial charge in [-0.25, -0.2) is 0 Å². The van der Waals surface area contributed by atoms with Crippen molar-refractivity contribution in [3.63, 3.8) is 0 Å². The lowest BCUT2D eigenvalue weighted by Crippen LogP contribution is -2.31. The van der Waals surface area contributed by atoms with Crippen LogP contribution in [0.2, 0.25) is 0 Å². The summed E-state index contributed by atoms with van der Waals surface area (Å²) >= 11 is 0. The molecule has 170 valence electrons. The number of hydrogen-bond acceptors (Lipinski definition) is 5. The van der Waals surface area contributed by atoms with Crippen molar-refractivity contribution in [2.24, 2.45) is 5.92 Å². The van der Waals surface area contributed by atoms with Gasteiger partial charge in [0.25, 0.3) is 5.91 Å². The molecule has 1 aliphatic heterocycles. The molecular formula is C24H30N4O4. The molecule has 0 saturated carbocycles. The van der Waals surface area contributed by atoms with Crippen molar-refractivity contribution < 1.29 is 19.1 Å². The maximum Gasteiger partial charge on any atom is 0.251 e. The minimum absolute atomic E-state index is 0.0387. The minimum Gasteiger partial charge on any atom is -0.376 e. The minimum atomic E-state index is -0.251. The second-order valence-corrected chi connectivity index (χ2v) is 8.05. The molecule has 2 aromatic rings. The molecule has 1 fully saturated rings. The number of nitrogens with one attached hydrogen (secondary N) is 4. The van der Waals surface area contributed by atoms with E-state index in [4.69, 9.17) is 4.74 Å². The van der Waals surface area contributed by atoms with Crippen LogP contribution in [0.3, 0.4) is 0 Å². The van der Waals surface area contributed by atoms with Crippen LogP contribution < -0.4 is 21.3 Å². The van der Waals surface area contributed by atoms with Gasteiger partial charge in [0.2, 0.25) is 11.8 Å². The zero-order valence-electron chi connectivity index (χ0n) is 18.4. The Morgan fingerprint density at radius 3 is 2.44 bits per heavy atom. The van der Waals surface area contributed by atoms with Gasteiger partial charge in [-0.3, -0.25) is 14.4 Å². The summed E-state index contributed by atoms with van der Waals surface area (Å²) in [5.74, 6) is -0.639. The van der Waals surface area contributed by atoms with E-state index in [1.54, 1.807) is 42.5 Å². The van der Waals surface area contributed by atoms with Gasteiger partial charge >= 0.3 is 0 Å². The summed E-state index contributed by atoms with van der Waals surface area (Å²) in [6.07, 6.45) is 2.05. The van der Waals surface area contributed by atoms with Crippen LogP contribution in [0.5, 0.6) is 0 Å². The van der Waals surface area contributed by atoms with E-state index in [-0.39, 0.29) is 36.3 Å². The van der Waals surface area contributed by atoms with Gasteiger partial charge in [0, 0.05) is 41.7 Å². The molecule has 0 radical (unpaired) electrons. The monoisotopic (exact) mass is 438 g/mol. The van der Waals surface area contributed by atoms with Crippen molar-refractivity contribution in [1.82, 2.24) is 5.32 Å². The van der Waals surface area contributed by atoms with E-state index in [9.17, 15) is 14.4 Å². The van der Waals surface area contributed by atoms with Gasteiger partial charge in [-0.05, 0) is 49.2 Å². The number of anilines is 3. The first-order chi connectivity index (χ1) is 15.4. The first kappa shape index (κ1) is 23.3. The molecule has 1 saturated heterocycles. The molecule has 3 rings (SSSR count). The molecular weight excluding hydrogens is 408 g/mol. The first-order valence-electron chi connectivity index (χ1n) is 10.9. The molecule has 3 amide bonds. The highest BCUT2D eigenvalue weighted by Crippen LogP contribution is 2.16. The van der Waals surface area contributed by atoms with Gasteiger partial charge in [0.15, 0.2) is 0 Å². The topological polar surface area (TPSA) is 109 Å². The summed E-state index contributed by atoms with van der Waals surface area (Å²) in [6, 6.07) is 14.0.